The fraction of sp³-hybridized carbons (Fsp3) is 0.667. The lowest BCUT2D eigenvalue weighted by molar-refractivity contribution is 0.321. The highest BCUT2D eigenvalue weighted by atomic mass is 32.1. The first kappa shape index (κ1) is 18.7. The van der Waals surface area contributed by atoms with Gasteiger partial charge in [-0.15, -0.1) is 0 Å². The molecule has 0 aromatic rings. The first-order valence-corrected chi connectivity index (χ1v) is 7.39. The van der Waals surface area contributed by atoms with Crippen molar-refractivity contribution in [2.24, 2.45) is 10.2 Å². The second kappa shape index (κ2) is 11.5. The van der Waals surface area contributed by atoms with Crippen LogP contribution in [0.15, 0.2) is 10.2 Å². The Bertz CT molecular complexity index is 348. The van der Waals surface area contributed by atoms with Crippen molar-refractivity contribution in [1.29, 1.82) is 0 Å². The van der Waals surface area contributed by atoms with E-state index < -0.39 is 0 Å². The van der Waals surface area contributed by atoms with Gasteiger partial charge in [-0.3, -0.25) is 0 Å². The van der Waals surface area contributed by atoms with E-state index in [-0.39, 0.29) is 10.3 Å². The summed E-state index contributed by atoms with van der Waals surface area (Å²) in [5, 5.41) is 8.89. The summed E-state index contributed by atoms with van der Waals surface area (Å²) in [6.45, 7) is 8.68. The molecule has 0 radical (unpaired) electrons. The maximum Gasteiger partial charge on any atom is 0.277 e. The minimum absolute atomic E-state index is 0.242. The maximum atomic E-state index is 5.10. The third kappa shape index (κ3) is 8.00. The Hall–Kier alpha value is -1.28. The van der Waals surface area contributed by atoms with Gasteiger partial charge in [-0.05, 0) is 51.1 Å². The van der Waals surface area contributed by atoms with Gasteiger partial charge in [0, 0.05) is 0 Å². The van der Waals surface area contributed by atoms with Crippen molar-refractivity contribution < 1.29 is 9.47 Å². The lowest BCUT2D eigenvalue weighted by Crippen LogP contribution is -2.26. The number of nitrogens with zero attached hydrogens (tertiary/aromatic N) is 2. The van der Waals surface area contributed by atoms with E-state index in [9.17, 15) is 0 Å². The molecule has 0 aromatic carbocycles. The van der Waals surface area contributed by atoms with Gasteiger partial charge < -0.3 is 9.47 Å². The van der Waals surface area contributed by atoms with Crippen LogP contribution in [-0.4, -0.2) is 35.0 Å². The van der Waals surface area contributed by atoms with E-state index in [4.69, 9.17) is 33.9 Å². The van der Waals surface area contributed by atoms with E-state index >= 15 is 0 Å². The summed E-state index contributed by atoms with van der Waals surface area (Å²) in [7, 11) is 0. The predicted molar refractivity (Wildman–Crippen MR) is 90.2 cm³/mol. The minimum Gasteiger partial charge on any atom is -0.470 e. The van der Waals surface area contributed by atoms with Gasteiger partial charge in [-0.25, -0.2) is 10.9 Å². The summed E-state index contributed by atoms with van der Waals surface area (Å²) in [5.74, 6) is 0. The van der Waals surface area contributed by atoms with Gasteiger partial charge in [0.25, 0.3) is 10.3 Å². The highest BCUT2D eigenvalue weighted by Crippen LogP contribution is 1.95. The second-order valence-electron chi connectivity index (χ2n) is 3.49. The largest absolute Gasteiger partial charge is 0.470 e. The number of hydrazone groups is 2. The molecule has 8 heteroatoms. The molecule has 0 rings (SSSR count). The summed E-state index contributed by atoms with van der Waals surface area (Å²) in [6, 6.07) is 0. The van der Waals surface area contributed by atoms with Crippen LogP contribution in [0.5, 0.6) is 0 Å². The number of nitrogens with one attached hydrogen (secondary N) is 2. The van der Waals surface area contributed by atoms with Crippen molar-refractivity contribution in [3.63, 3.8) is 0 Å². The quantitative estimate of drug-likeness (QED) is 0.427. The number of rotatable bonds is 7. The average Bonchev–Trinajstić information content (AvgIpc) is 2.43. The SMILES string of the molecule is CCOC(=S)NN=C(CC)C(CC)=NNC(=S)OCC. The predicted octanol–water partition coefficient (Wildman–Crippen LogP) is 2.34. The van der Waals surface area contributed by atoms with Crippen LogP contribution in [0.2, 0.25) is 0 Å². The molecule has 0 heterocycles. The van der Waals surface area contributed by atoms with Crippen molar-refractivity contribution in [1.82, 2.24) is 10.9 Å². The Morgan fingerprint density at radius 2 is 1.15 bits per heavy atom. The lowest BCUT2D eigenvalue weighted by Gasteiger charge is -2.09. The van der Waals surface area contributed by atoms with Gasteiger partial charge in [-0.1, -0.05) is 13.8 Å². The normalized spacial score (nSPS) is 11.8. The Kier molecular flexibility index (Phi) is 10.8. The molecule has 0 aliphatic rings. The maximum absolute atomic E-state index is 5.10. The van der Waals surface area contributed by atoms with Crippen LogP contribution >= 0.6 is 24.4 Å². The molecule has 0 aromatic heterocycles. The molecule has 0 fully saturated rings. The molecule has 20 heavy (non-hydrogen) atoms. The van der Waals surface area contributed by atoms with Crippen LogP contribution in [0.25, 0.3) is 0 Å². The number of thiocarbonyl (C=S) groups is 2. The monoisotopic (exact) mass is 318 g/mol. The summed E-state index contributed by atoms with van der Waals surface area (Å²) < 4.78 is 10.2. The second-order valence-corrected chi connectivity index (χ2v) is 4.23. The molecule has 0 aliphatic carbocycles. The van der Waals surface area contributed by atoms with Crippen molar-refractivity contribution in [3.05, 3.63) is 0 Å². The van der Waals surface area contributed by atoms with Crippen LogP contribution in [0.3, 0.4) is 0 Å². The topological polar surface area (TPSA) is 67.2 Å². The fourth-order valence-corrected chi connectivity index (χ4v) is 1.58. The minimum atomic E-state index is 0.242. The first-order valence-electron chi connectivity index (χ1n) is 6.57. The van der Waals surface area contributed by atoms with Gasteiger partial charge in [0.2, 0.25) is 0 Å². The molecule has 0 amide bonds. The summed E-state index contributed by atoms with van der Waals surface area (Å²) >= 11 is 9.89. The van der Waals surface area contributed by atoms with E-state index in [2.05, 4.69) is 21.1 Å². The van der Waals surface area contributed by atoms with Crippen LogP contribution in [0, 0.1) is 0 Å². The molecule has 0 saturated heterocycles. The molecule has 0 bridgehead atoms. The standard InChI is InChI=1S/C12H22N4O2S2/c1-5-9(13-15-11(19)17-7-3)10(6-2)14-16-12(20)18-8-4/h5-8H2,1-4H3,(H,15,19)(H,16,20). The third-order valence-electron chi connectivity index (χ3n) is 2.12. The van der Waals surface area contributed by atoms with Crippen LogP contribution in [0.1, 0.15) is 40.5 Å². The summed E-state index contributed by atoms with van der Waals surface area (Å²) in [6.07, 6.45) is 1.41. The number of ether oxygens (including phenoxy) is 2. The van der Waals surface area contributed by atoms with E-state index in [1.165, 1.54) is 0 Å². The van der Waals surface area contributed by atoms with Crippen LogP contribution in [-0.2, 0) is 9.47 Å². The molecule has 0 unspecified atom stereocenters. The first-order chi connectivity index (χ1) is 9.58. The Balaban J connectivity index is 4.71. The highest BCUT2D eigenvalue weighted by molar-refractivity contribution is 7.80. The van der Waals surface area contributed by atoms with E-state index in [0.29, 0.717) is 26.1 Å². The average molecular weight is 318 g/mol. The summed E-state index contributed by atoms with van der Waals surface area (Å²) in [4.78, 5) is 0. The molecular weight excluding hydrogens is 296 g/mol. The molecular formula is C12H22N4O2S2. The zero-order chi connectivity index (χ0) is 15.4. The molecule has 2 N–H and O–H groups in total. The van der Waals surface area contributed by atoms with Gasteiger partial charge in [0.15, 0.2) is 0 Å². The highest BCUT2D eigenvalue weighted by Gasteiger charge is 2.07. The van der Waals surface area contributed by atoms with Gasteiger partial charge in [-0.2, -0.15) is 10.2 Å². The Morgan fingerprint density at radius 1 is 0.800 bits per heavy atom. The van der Waals surface area contributed by atoms with Gasteiger partial charge in [0.05, 0.1) is 24.6 Å². The molecule has 114 valence electrons. The van der Waals surface area contributed by atoms with Gasteiger partial charge >= 0.3 is 0 Å². The van der Waals surface area contributed by atoms with Crippen LogP contribution < -0.4 is 10.9 Å². The summed E-state index contributed by atoms with van der Waals surface area (Å²) in [5.41, 5.74) is 6.93. The lowest BCUT2D eigenvalue weighted by atomic mass is 10.1. The zero-order valence-electron chi connectivity index (χ0n) is 12.4. The third-order valence-corrected chi connectivity index (χ3v) is 2.54. The number of hydrogen-bond acceptors (Lipinski definition) is 6. The van der Waals surface area contributed by atoms with Crippen molar-refractivity contribution in [3.8, 4) is 0 Å². The number of hydrogen-bond donors (Lipinski definition) is 2. The fourth-order valence-electron chi connectivity index (χ4n) is 1.25. The molecule has 0 saturated carbocycles. The Morgan fingerprint density at radius 3 is 1.40 bits per heavy atom. The van der Waals surface area contributed by atoms with E-state index in [1.807, 2.05) is 27.7 Å². The van der Waals surface area contributed by atoms with Gasteiger partial charge in [0.1, 0.15) is 0 Å². The van der Waals surface area contributed by atoms with Crippen molar-refractivity contribution in [2.75, 3.05) is 13.2 Å². The smallest absolute Gasteiger partial charge is 0.277 e. The van der Waals surface area contributed by atoms with Crippen molar-refractivity contribution >= 4 is 46.2 Å². The Labute approximate surface area is 131 Å². The van der Waals surface area contributed by atoms with E-state index in [1.54, 1.807) is 0 Å². The molecule has 0 aliphatic heterocycles. The van der Waals surface area contributed by atoms with Crippen LogP contribution in [0.4, 0.5) is 0 Å². The molecule has 0 atom stereocenters. The zero-order valence-corrected chi connectivity index (χ0v) is 14.0. The molecule has 0 spiro atoms. The van der Waals surface area contributed by atoms with Crippen molar-refractivity contribution in [2.45, 2.75) is 40.5 Å². The van der Waals surface area contributed by atoms with E-state index in [0.717, 1.165) is 11.4 Å². The molecule has 6 nitrogen and oxygen atoms in total.